The lowest BCUT2D eigenvalue weighted by Crippen LogP contribution is -2.15. The summed E-state index contributed by atoms with van der Waals surface area (Å²) in [5.41, 5.74) is 1.72. The van der Waals surface area contributed by atoms with Crippen molar-refractivity contribution in [2.45, 2.75) is 11.9 Å². The van der Waals surface area contributed by atoms with E-state index in [-0.39, 0.29) is 23.0 Å². The normalized spacial score (nSPS) is 10.6. The average molecular weight is 353 g/mol. The Balaban J connectivity index is 1.67. The zero-order chi connectivity index (χ0) is 17.8. The van der Waals surface area contributed by atoms with Crippen molar-refractivity contribution >= 4 is 39.9 Å². The summed E-state index contributed by atoms with van der Waals surface area (Å²) in [6, 6.07) is 16.3. The number of benzene rings is 2. The number of nitro groups is 1. The molecule has 0 fully saturated rings. The molecular weight excluding hydrogens is 338 g/mol. The van der Waals surface area contributed by atoms with Gasteiger partial charge in [0.05, 0.1) is 21.2 Å². The number of aromatic nitrogens is 1. The highest BCUT2D eigenvalue weighted by molar-refractivity contribution is 7.99. The number of aryl methyl sites for hydroxylation is 1. The SMILES string of the molecule is Cc1ccc(NC(=O)CSc2ccc3ccccc3n2)c([N+](=O)[O-])c1. The first-order valence-electron chi connectivity index (χ1n) is 7.56. The second-order valence-corrected chi connectivity index (χ2v) is 6.45. The van der Waals surface area contributed by atoms with Crippen molar-refractivity contribution in [1.29, 1.82) is 0 Å². The number of hydrogen-bond donors (Lipinski definition) is 1. The lowest BCUT2D eigenvalue weighted by atomic mass is 10.2. The van der Waals surface area contributed by atoms with E-state index in [1.165, 1.54) is 17.8 Å². The summed E-state index contributed by atoms with van der Waals surface area (Å²) in [5, 5.41) is 15.5. The highest BCUT2D eigenvalue weighted by Gasteiger charge is 2.16. The van der Waals surface area contributed by atoms with Crippen LogP contribution in [0.25, 0.3) is 10.9 Å². The summed E-state index contributed by atoms with van der Waals surface area (Å²) in [4.78, 5) is 27.2. The molecule has 6 nitrogen and oxygen atoms in total. The molecule has 0 unspecified atom stereocenters. The zero-order valence-electron chi connectivity index (χ0n) is 13.4. The number of fused-ring (bicyclic) bond motifs is 1. The molecule has 0 bridgehead atoms. The minimum Gasteiger partial charge on any atom is -0.320 e. The summed E-state index contributed by atoms with van der Waals surface area (Å²) in [6.45, 7) is 1.76. The van der Waals surface area contributed by atoms with Crippen molar-refractivity contribution in [3.8, 4) is 0 Å². The van der Waals surface area contributed by atoms with Gasteiger partial charge in [0.2, 0.25) is 5.91 Å². The summed E-state index contributed by atoms with van der Waals surface area (Å²) in [7, 11) is 0. The quantitative estimate of drug-likeness (QED) is 0.422. The number of para-hydroxylation sites is 1. The van der Waals surface area contributed by atoms with E-state index < -0.39 is 4.92 Å². The number of hydrogen-bond acceptors (Lipinski definition) is 5. The van der Waals surface area contributed by atoms with Crippen LogP contribution in [0.5, 0.6) is 0 Å². The van der Waals surface area contributed by atoms with Crippen LogP contribution in [0.2, 0.25) is 0 Å². The molecule has 3 aromatic rings. The van der Waals surface area contributed by atoms with Gasteiger partial charge in [0.25, 0.3) is 5.69 Å². The average Bonchev–Trinajstić information content (AvgIpc) is 2.61. The van der Waals surface area contributed by atoms with Crippen molar-refractivity contribution in [3.05, 3.63) is 70.3 Å². The molecule has 0 aliphatic carbocycles. The van der Waals surface area contributed by atoms with Gasteiger partial charge in [-0.05, 0) is 30.7 Å². The van der Waals surface area contributed by atoms with Gasteiger partial charge in [0, 0.05) is 11.5 Å². The number of nitrogens with one attached hydrogen (secondary N) is 1. The molecule has 0 spiro atoms. The van der Waals surface area contributed by atoms with Gasteiger partial charge in [-0.1, -0.05) is 42.1 Å². The molecule has 7 heteroatoms. The van der Waals surface area contributed by atoms with E-state index in [4.69, 9.17) is 0 Å². The predicted octanol–water partition coefficient (Wildman–Crippen LogP) is 4.18. The molecule has 1 aromatic heterocycles. The minimum atomic E-state index is -0.499. The Kier molecular flexibility index (Phi) is 4.95. The van der Waals surface area contributed by atoms with Gasteiger partial charge in [0.1, 0.15) is 5.69 Å². The lowest BCUT2D eigenvalue weighted by Gasteiger charge is -2.07. The number of pyridine rings is 1. The molecule has 1 amide bonds. The molecule has 126 valence electrons. The number of carbonyl (C=O) groups excluding carboxylic acids is 1. The highest BCUT2D eigenvalue weighted by atomic mass is 32.2. The number of anilines is 1. The van der Waals surface area contributed by atoms with Gasteiger partial charge < -0.3 is 5.32 Å². The van der Waals surface area contributed by atoms with E-state index >= 15 is 0 Å². The maximum atomic E-state index is 12.1. The van der Waals surface area contributed by atoms with E-state index in [9.17, 15) is 14.9 Å². The summed E-state index contributed by atoms with van der Waals surface area (Å²) < 4.78 is 0. The molecule has 25 heavy (non-hydrogen) atoms. The Bertz CT molecular complexity index is 959. The monoisotopic (exact) mass is 353 g/mol. The van der Waals surface area contributed by atoms with Crippen molar-refractivity contribution < 1.29 is 9.72 Å². The molecule has 0 radical (unpaired) electrons. The molecule has 0 aliphatic heterocycles. The van der Waals surface area contributed by atoms with Crippen LogP contribution in [0.4, 0.5) is 11.4 Å². The Morgan fingerprint density at radius 1 is 1.20 bits per heavy atom. The van der Waals surface area contributed by atoms with E-state index in [0.717, 1.165) is 21.5 Å². The van der Waals surface area contributed by atoms with Gasteiger partial charge in [0.15, 0.2) is 0 Å². The minimum absolute atomic E-state index is 0.109. The van der Waals surface area contributed by atoms with Crippen LogP contribution >= 0.6 is 11.8 Å². The maximum Gasteiger partial charge on any atom is 0.293 e. The molecule has 3 rings (SSSR count). The second-order valence-electron chi connectivity index (χ2n) is 5.46. The molecule has 0 atom stereocenters. The van der Waals surface area contributed by atoms with Gasteiger partial charge in [-0.3, -0.25) is 14.9 Å². The first-order valence-corrected chi connectivity index (χ1v) is 8.55. The van der Waals surface area contributed by atoms with Gasteiger partial charge >= 0.3 is 0 Å². The summed E-state index contributed by atoms with van der Waals surface area (Å²) in [6.07, 6.45) is 0. The molecule has 2 aromatic carbocycles. The van der Waals surface area contributed by atoms with E-state index in [1.54, 1.807) is 19.1 Å². The van der Waals surface area contributed by atoms with Crippen molar-refractivity contribution in [2.24, 2.45) is 0 Å². The fraction of sp³-hybridized carbons (Fsp3) is 0.111. The molecule has 0 saturated heterocycles. The Hall–Kier alpha value is -2.93. The van der Waals surface area contributed by atoms with Gasteiger partial charge in [-0.15, -0.1) is 0 Å². The van der Waals surface area contributed by atoms with Crippen LogP contribution in [0, 0.1) is 17.0 Å². The van der Waals surface area contributed by atoms with Crippen molar-refractivity contribution in [3.63, 3.8) is 0 Å². The van der Waals surface area contributed by atoms with E-state index in [1.807, 2.05) is 36.4 Å². The Morgan fingerprint density at radius 2 is 2.00 bits per heavy atom. The molecule has 0 saturated carbocycles. The first-order chi connectivity index (χ1) is 12.0. The lowest BCUT2D eigenvalue weighted by molar-refractivity contribution is -0.384. The zero-order valence-corrected chi connectivity index (χ0v) is 14.2. The second kappa shape index (κ2) is 7.31. The molecule has 1 N–H and O–H groups in total. The van der Waals surface area contributed by atoms with Crippen LogP contribution in [0.1, 0.15) is 5.56 Å². The number of rotatable bonds is 5. The van der Waals surface area contributed by atoms with Crippen molar-refractivity contribution in [2.75, 3.05) is 11.1 Å². The Morgan fingerprint density at radius 3 is 2.80 bits per heavy atom. The molecule has 1 heterocycles. The third kappa shape index (κ3) is 4.13. The summed E-state index contributed by atoms with van der Waals surface area (Å²) >= 11 is 1.29. The Labute approximate surface area is 148 Å². The predicted molar refractivity (Wildman–Crippen MR) is 98.9 cm³/mol. The number of nitrogens with zero attached hydrogens (tertiary/aromatic N) is 2. The van der Waals surface area contributed by atoms with Crippen LogP contribution in [-0.4, -0.2) is 21.6 Å². The number of carbonyl (C=O) groups is 1. The van der Waals surface area contributed by atoms with Gasteiger partial charge in [-0.2, -0.15) is 0 Å². The number of amides is 1. The third-order valence-electron chi connectivity index (χ3n) is 3.55. The fourth-order valence-electron chi connectivity index (χ4n) is 2.35. The van der Waals surface area contributed by atoms with Crippen LogP contribution in [0.15, 0.2) is 59.6 Å². The molecular formula is C18H15N3O3S. The maximum absolute atomic E-state index is 12.1. The number of nitro benzene ring substituents is 1. The van der Waals surface area contributed by atoms with Crippen molar-refractivity contribution in [1.82, 2.24) is 4.98 Å². The van der Waals surface area contributed by atoms with Gasteiger partial charge in [-0.25, -0.2) is 4.98 Å². The highest BCUT2D eigenvalue weighted by Crippen LogP contribution is 2.26. The standard InChI is InChI=1S/C18H15N3O3S/c1-12-6-8-15(16(10-12)21(23)24)19-17(22)11-25-18-9-7-13-4-2-3-5-14(13)20-18/h2-10H,11H2,1H3,(H,19,22). The van der Waals surface area contributed by atoms with E-state index in [2.05, 4.69) is 10.3 Å². The molecule has 0 aliphatic rings. The van der Waals surface area contributed by atoms with Crippen LogP contribution < -0.4 is 5.32 Å². The third-order valence-corrected chi connectivity index (χ3v) is 4.48. The fourth-order valence-corrected chi connectivity index (χ4v) is 3.03. The number of thioether (sulfide) groups is 1. The smallest absolute Gasteiger partial charge is 0.293 e. The first kappa shape index (κ1) is 16.9. The van der Waals surface area contributed by atoms with E-state index in [0.29, 0.717) is 0 Å². The summed E-state index contributed by atoms with van der Waals surface area (Å²) in [5.74, 6) is -0.192. The largest absolute Gasteiger partial charge is 0.320 e. The van der Waals surface area contributed by atoms with Crippen LogP contribution in [0.3, 0.4) is 0 Å². The van der Waals surface area contributed by atoms with Crippen LogP contribution in [-0.2, 0) is 4.79 Å². The topological polar surface area (TPSA) is 85.1 Å².